The molecule has 5 heteroatoms. The molecule has 0 aliphatic carbocycles. The fraction of sp³-hybridized carbons (Fsp3) is 0.714. The number of aliphatic hydroxyl groups excluding tert-OH is 1. The second-order valence-electron chi connectivity index (χ2n) is 8.39. The van der Waals surface area contributed by atoms with E-state index in [9.17, 15) is 14.7 Å². The number of ether oxygens (including phenoxy) is 2. The smallest absolute Gasteiger partial charge is 0.306 e. The summed E-state index contributed by atoms with van der Waals surface area (Å²) in [5.41, 5.74) is 0. The molecule has 0 fully saturated rings. The minimum atomic E-state index is -0.768. The summed E-state index contributed by atoms with van der Waals surface area (Å²) >= 11 is 0. The van der Waals surface area contributed by atoms with Crippen molar-refractivity contribution in [3.63, 3.8) is 0 Å². The molecule has 0 bridgehead atoms. The lowest BCUT2D eigenvalue weighted by Crippen LogP contribution is -2.28. The van der Waals surface area contributed by atoms with Gasteiger partial charge in [0.15, 0.2) is 6.10 Å². The lowest BCUT2D eigenvalue weighted by atomic mass is 10.1. The largest absolute Gasteiger partial charge is 0.462 e. The minimum absolute atomic E-state index is 0.0761. The molecule has 0 aliphatic heterocycles. The lowest BCUT2D eigenvalue weighted by molar-refractivity contribution is -0.161. The zero-order chi connectivity index (χ0) is 24.4. The molecule has 0 aromatic heterocycles. The molecule has 190 valence electrons. The molecule has 33 heavy (non-hydrogen) atoms. The van der Waals surface area contributed by atoms with E-state index in [0.717, 1.165) is 57.8 Å². The summed E-state index contributed by atoms with van der Waals surface area (Å²) < 4.78 is 10.3. The molecule has 0 saturated heterocycles. The number of rotatable bonds is 22. The van der Waals surface area contributed by atoms with Gasteiger partial charge in [0.05, 0.1) is 6.61 Å². The molecule has 1 N–H and O–H groups in total. The van der Waals surface area contributed by atoms with Crippen molar-refractivity contribution in [2.24, 2.45) is 0 Å². The summed E-state index contributed by atoms with van der Waals surface area (Å²) in [4.78, 5) is 23.4. The zero-order valence-electron chi connectivity index (χ0n) is 21.1. The summed E-state index contributed by atoms with van der Waals surface area (Å²) in [7, 11) is 0. The van der Waals surface area contributed by atoms with Crippen LogP contribution in [0.15, 0.2) is 36.5 Å². The van der Waals surface area contributed by atoms with Crippen molar-refractivity contribution >= 4 is 11.9 Å². The minimum Gasteiger partial charge on any atom is -0.462 e. The molecule has 0 aromatic carbocycles. The maximum Gasteiger partial charge on any atom is 0.306 e. The number of hydrogen-bond donors (Lipinski definition) is 1. The van der Waals surface area contributed by atoms with Crippen molar-refractivity contribution in [2.75, 3.05) is 13.2 Å². The van der Waals surface area contributed by atoms with Gasteiger partial charge in [-0.15, -0.1) is 0 Å². The lowest BCUT2D eigenvalue weighted by Gasteiger charge is -2.15. The Bertz CT molecular complexity index is 550. The van der Waals surface area contributed by atoms with Crippen molar-refractivity contribution in [1.82, 2.24) is 0 Å². The van der Waals surface area contributed by atoms with Crippen molar-refractivity contribution < 1.29 is 24.2 Å². The highest BCUT2D eigenvalue weighted by Gasteiger charge is 2.15. The average molecular weight is 465 g/mol. The summed E-state index contributed by atoms with van der Waals surface area (Å²) in [6.45, 7) is 3.74. The molecule has 5 nitrogen and oxygen atoms in total. The van der Waals surface area contributed by atoms with Gasteiger partial charge in [-0.05, 0) is 44.9 Å². The highest BCUT2D eigenvalue weighted by molar-refractivity contribution is 5.70. The first-order valence-electron chi connectivity index (χ1n) is 13.0. The van der Waals surface area contributed by atoms with Gasteiger partial charge in [0.1, 0.15) is 6.61 Å². The van der Waals surface area contributed by atoms with E-state index in [1.165, 1.54) is 25.7 Å². The van der Waals surface area contributed by atoms with Crippen LogP contribution in [0.25, 0.3) is 0 Å². The second kappa shape index (κ2) is 24.8. The van der Waals surface area contributed by atoms with E-state index in [0.29, 0.717) is 12.8 Å². The van der Waals surface area contributed by atoms with Crippen LogP contribution in [0.1, 0.15) is 110 Å². The molecule has 0 spiro atoms. The Hall–Kier alpha value is -1.88. The highest BCUT2D eigenvalue weighted by atomic mass is 16.6. The molecular formula is C28H48O5. The number of unbranched alkanes of at least 4 members (excludes halogenated alkanes) is 8. The Balaban J connectivity index is 3.55. The first kappa shape index (κ1) is 31.1. The predicted molar refractivity (Wildman–Crippen MR) is 136 cm³/mol. The molecule has 1 atom stereocenters. The van der Waals surface area contributed by atoms with Crippen LogP contribution in [0.2, 0.25) is 0 Å². The Morgan fingerprint density at radius 2 is 1.30 bits per heavy atom. The van der Waals surface area contributed by atoms with Crippen molar-refractivity contribution in [1.29, 1.82) is 0 Å². The third-order valence-corrected chi connectivity index (χ3v) is 5.20. The van der Waals surface area contributed by atoms with Gasteiger partial charge in [0, 0.05) is 12.8 Å². The molecule has 0 aliphatic rings. The average Bonchev–Trinajstić information content (AvgIpc) is 2.82. The van der Waals surface area contributed by atoms with E-state index < -0.39 is 6.10 Å². The van der Waals surface area contributed by atoms with Crippen LogP contribution >= 0.6 is 0 Å². The summed E-state index contributed by atoms with van der Waals surface area (Å²) in [5.74, 6) is -0.650. The third-order valence-electron chi connectivity index (χ3n) is 5.20. The molecule has 1 unspecified atom stereocenters. The first-order valence-corrected chi connectivity index (χ1v) is 13.0. The fourth-order valence-electron chi connectivity index (χ4n) is 3.19. The Morgan fingerprint density at radius 1 is 0.727 bits per heavy atom. The topological polar surface area (TPSA) is 72.8 Å². The molecule has 0 radical (unpaired) electrons. The van der Waals surface area contributed by atoms with Gasteiger partial charge in [0.25, 0.3) is 0 Å². The quantitative estimate of drug-likeness (QED) is 0.106. The normalized spacial score (nSPS) is 12.7. The monoisotopic (exact) mass is 464 g/mol. The number of aliphatic hydroxyl groups is 1. The van der Waals surface area contributed by atoms with Crippen LogP contribution in [0.4, 0.5) is 0 Å². The summed E-state index contributed by atoms with van der Waals surface area (Å²) in [6, 6.07) is 0. The van der Waals surface area contributed by atoms with E-state index in [2.05, 4.69) is 43.4 Å². The van der Waals surface area contributed by atoms with Crippen LogP contribution in [0, 0.1) is 0 Å². The van der Waals surface area contributed by atoms with E-state index in [1.54, 1.807) is 0 Å². The van der Waals surface area contributed by atoms with Crippen LogP contribution in [-0.2, 0) is 19.1 Å². The molecular weight excluding hydrogens is 416 g/mol. The van der Waals surface area contributed by atoms with Gasteiger partial charge < -0.3 is 14.6 Å². The standard InChI is InChI=1S/C28H48O5/c1-3-5-7-8-9-10-11-12-13-14-15-16-17-18-19-20-21-23-28(31)33-26(24-29)25-32-27(30)22-6-4-2/h5,7,9-10,12-13,26,29H,3-4,6,8,11,14-25H2,1-2H3/b7-5-,10-9-,13-12-. The Kier molecular flexibility index (Phi) is 23.3. The van der Waals surface area contributed by atoms with Crippen LogP contribution < -0.4 is 0 Å². The second-order valence-corrected chi connectivity index (χ2v) is 8.39. The van der Waals surface area contributed by atoms with Gasteiger partial charge in [-0.25, -0.2) is 0 Å². The fourth-order valence-corrected chi connectivity index (χ4v) is 3.19. The van der Waals surface area contributed by atoms with Crippen LogP contribution in [0.5, 0.6) is 0 Å². The van der Waals surface area contributed by atoms with Crippen molar-refractivity contribution in [2.45, 2.75) is 116 Å². The van der Waals surface area contributed by atoms with E-state index in [-0.39, 0.29) is 25.2 Å². The molecule has 0 rings (SSSR count). The van der Waals surface area contributed by atoms with Gasteiger partial charge >= 0.3 is 11.9 Å². The number of esters is 2. The van der Waals surface area contributed by atoms with Crippen molar-refractivity contribution in [3.8, 4) is 0 Å². The first-order chi connectivity index (χ1) is 16.1. The van der Waals surface area contributed by atoms with E-state index in [1.807, 2.05) is 6.92 Å². The number of hydrogen-bond acceptors (Lipinski definition) is 5. The summed E-state index contributed by atoms with van der Waals surface area (Å²) in [5, 5.41) is 9.31. The molecule has 0 aromatic rings. The maximum absolute atomic E-state index is 11.9. The van der Waals surface area contributed by atoms with Gasteiger partial charge in [-0.1, -0.05) is 88.8 Å². The van der Waals surface area contributed by atoms with Crippen LogP contribution in [0.3, 0.4) is 0 Å². The predicted octanol–water partition coefficient (Wildman–Crippen LogP) is 6.99. The Labute approximate surface area is 202 Å². The number of carbonyl (C=O) groups is 2. The van der Waals surface area contributed by atoms with E-state index in [4.69, 9.17) is 9.47 Å². The van der Waals surface area contributed by atoms with Gasteiger partial charge in [-0.2, -0.15) is 0 Å². The summed E-state index contributed by atoms with van der Waals surface area (Å²) in [6.07, 6.45) is 27.1. The molecule has 0 saturated carbocycles. The third kappa shape index (κ3) is 23.1. The van der Waals surface area contributed by atoms with Gasteiger partial charge in [0.2, 0.25) is 0 Å². The van der Waals surface area contributed by atoms with Crippen molar-refractivity contribution in [3.05, 3.63) is 36.5 Å². The molecule has 0 amide bonds. The van der Waals surface area contributed by atoms with Gasteiger partial charge in [-0.3, -0.25) is 9.59 Å². The number of carbonyl (C=O) groups excluding carboxylic acids is 2. The molecule has 0 heterocycles. The number of allylic oxidation sites excluding steroid dienone is 6. The SMILES string of the molecule is CC/C=C\C/C=C\C/C=C\CCCCCCCCCC(=O)OC(CO)COC(=O)CCCC. The van der Waals surface area contributed by atoms with Crippen LogP contribution in [-0.4, -0.2) is 36.4 Å². The van der Waals surface area contributed by atoms with E-state index >= 15 is 0 Å². The highest BCUT2D eigenvalue weighted by Crippen LogP contribution is 2.11. The zero-order valence-corrected chi connectivity index (χ0v) is 21.1. The Morgan fingerprint density at radius 3 is 1.94 bits per heavy atom. The maximum atomic E-state index is 11.9.